The van der Waals surface area contributed by atoms with E-state index in [9.17, 15) is 4.79 Å². The van der Waals surface area contributed by atoms with Crippen LogP contribution in [-0.2, 0) is 11.2 Å². The van der Waals surface area contributed by atoms with Gasteiger partial charge in [0.15, 0.2) is 0 Å². The Hall–Kier alpha value is -2.24. The summed E-state index contributed by atoms with van der Waals surface area (Å²) >= 11 is 0. The van der Waals surface area contributed by atoms with Crippen molar-refractivity contribution in [3.05, 3.63) is 30.5 Å². The molecule has 0 spiro atoms. The molecule has 6 nitrogen and oxygen atoms in total. The second-order valence-electron chi connectivity index (χ2n) is 6.52. The third kappa shape index (κ3) is 3.57. The zero-order valence-electron chi connectivity index (χ0n) is 13.9. The average molecular weight is 313 g/mol. The number of carbonyl (C=O) groups is 1. The van der Waals surface area contributed by atoms with E-state index >= 15 is 0 Å². The number of hydrogen-bond acceptors (Lipinski definition) is 4. The van der Waals surface area contributed by atoms with Gasteiger partial charge in [0, 0.05) is 44.0 Å². The summed E-state index contributed by atoms with van der Waals surface area (Å²) in [6.45, 7) is 7.52. The van der Waals surface area contributed by atoms with Crippen molar-refractivity contribution >= 4 is 5.91 Å². The van der Waals surface area contributed by atoms with Gasteiger partial charge in [0.2, 0.25) is 5.91 Å². The van der Waals surface area contributed by atoms with Crippen molar-refractivity contribution in [3.8, 4) is 11.3 Å². The first-order valence-corrected chi connectivity index (χ1v) is 8.14. The minimum atomic E-state index is 0.163. The molecule has 1 fully saturated rings. The maximum atomic E-state index is 11.4. The molecule has 1 atom stereocenters. The van der Waals surface area contributed by atoms with Crippen molar-refractivity contribution in [2.75, 3.05) is 13.1 Å². The highest BCUT2D eigenvalue weighted by atomic mass is 16.2. The van der Waals surface area contributed by atoms with Crippen LogP contribution in [0.5, 0.6) is 0 Å². The molecule has 3 rings (SSSR count). The van der Waals surface area contributed by atoms with Crippen LogP contribution in [0.15, 0.2) is 24.8 Å². The number of nitrogens with zero attached hydrogens (tertiary/aromatic N) is 5. The van der Waals surface area contributed by atoms with E-state index in [1.54, 1.807) is 6.92 Å². The highest BCUT2D eigenvalue weighted by molar-refractivity contribution is 5.73. The van der Waals surface area contributed by atoms with E-state index in [2.05, 4.69) is 28.9 Å². The van der Waals surface area contributed by atoms with Gasteiger partial charge in [-0.15, -0.1) is 0 Å². The Morgan fingerprint density at radius 2 is 2.13 bits per heavy atom. The van der Waals surface area contributed by atoms with E-state index in [0.29, 0.717) is 12.0 Å². The second-order valence-corrected chi connectivity index (χ2v) is 6.52. The smallest absolute Gasteiger partial charge is 0.219 e. The topological polar surface area (TPSA) is 63.9 Å². The van der Waals surface area contributed by atoms with Gasteiger partial charge in [-0.1, -0.05) is 0 Å². The highest BCUT2D eigenvalue weighted by Crippen LogP contribution is 2.21. The molecule has 0 radical (unpaired) electrons. The van der Waals surface area contributed by atoms with Gasteiger partial charge in [-0.2, -0.15) is 5.10 Å². The van der Waals surface area contributed by atoms with E-state index in [0.717, 1.165) is 42.9 Å². The van der Waals surface area contributed by atoms with Crippen molar-refractivity contribution in [2.24, 2.45) is 5.92 Å². The Balaban J connectivity index is 1.64. The van der Waals surface area contributed by atoms with Crippen molar-refractivity contribution < 1.29 is 4.79 Å². The van der Waals surface area contributed by atoms with Crippen LogP contribution in [0.25, 0.3) is 11.3 Å². The third-order valence-corrected chi connectivity index (χ3v) is 4.36. The van der Waals surface area contributed by atoms with E-state index in [4.69, 9.17) is 0 Å². The lowest BCUT2D eigenvalue weighted by molar-refractivity contribution is -0.127. The van der Waals surface area contributed by atoms with Crippen LogP contribution in [0.2, 0.25) is 0 Å². The number of aromatic nitrogens is 4. The first-order valence-electron chi connectivity index (χ1n) is 8.14. The van der Waals surface area contributed by atoms with Crippen LogP contribution in [0.1, 0.15) is 38.9 Å². The molecule has 1 amide bonds. The molecule has 0 unspecified atom stereocenters. The number of rotatable bonds is 4. The van der Waals surface area contributed by atoms with Crippen LogP contribution in [0, 0.1) is 5.92 Å². The lowest BCUT2D eigenvalue weighted by atomic mass is 10.0. The first-order chi connectivity index (χ1) is 11.0. The Morgan fingerprint density at radius 1 is 1.30 bits per heavy atom. The highest BCUT2D eigenvalue weighted by Gasteiger charge is 2.24. The molecule has 0 bridgehead atoms. The van der Waals surface area contributed by atoms with Gasteiger partial charge in [0.25, 0.3) is 0 Å². The number of carbonyl (C=O) groups excluding carboxylic acids is 1. The Kier molecular flexibility index (Phi) is 4.41. The summed E-state index contributed by atoms with van der Waals surface area (Å²) in [5, 5.41) is 4.33. The summed E-state index contributed by atoms with van der Waals surface area (Å²) in [6.07, 6.45) is 9.40. The summed E-state index contributed by atoms with van der Waals surface area (Å²) in [5.74, 6) is 0.652. The molecule has 0 saturated carbocycles. The maximum absolute atomic E-state index is 11.4. The third-order valence-electron chi connectivity index (χ3n) is 4.36. The molecule has 1 aliphatic heterocycles. The fraction of sp³-hybridized carbons (Fsp3) is 0.529. The molecule has 0 aromatic carbocycles. The van der Waals surface area contributed by atoms with Crippen molar-refractivity contribution in [1.29, 1.82) is 0 Å². The van der Waals surface area contributed by atoms with E-state index in [-0.39, 0.29) is 5.91 Å². The van der Waals surface area contributed by atoms with Gasteiger partial charge in [-0.3, -0.25) is 19.4 Å². The summed E-state index contributed by atoms with van der Waals surface area (Å²) in [4.78, 5) is 22.4. The first kappa shape index (κ1) is 15.6. The summed E-state index contributed by atoms with van der Waals surface area (Å²) in [7, 11) is 0. The van der Waals surface area contributed by atoms with Gasteiger partial charge in [-0.25, -0.2) is 0 Å². The minimum Gasteiger partial charge on any atom is -0.343 e. The van der Waals surface area contributed by atoms with Crippen LogP contribution >= 0.6 is 0 Å². The standard InChI is InChI=1S/C17H23N5O/c1-12(2)22-11-15(7-20-22)17-9-18-16(8-19-17)6-14-4-5-21(10-14)13(3)23/h7-9,11-12,14H,4-6,10H2,1-3H3/t14-/m0/s1. The quantitative estimate of drug-likeness (QED) is 0.869. The molecular formula is C17H23N5O. The molecule has 0 N–H and O–H groups in total. The fourth-order valence-electron chi connectivity index (χ4n) is 2.94. The lowest BCUT2D eigenvalue weighted by Gasteiger charge is -2.13. The van der Waals surface area contributed by atoms with Crippen LogP contribution in [0.3, 0.4) is 0 Å². The molecule has 122 valence electrons. The van der Waals surface area contributed by atoms with Crippen molar-refractivity contribution in [3.63, 3.8) is 0 Å². The summed E-state index contributed by atoms with van der Waals surface area (Å²) in [6, 6.07) is 0.336. The lowest BCUT2D eigenvalue weighted by Crippen LogP contribution is -2.26. The molecule has 3 heterocycles. The van der Waals surface area contributed by atoms with E-state index in [1.807, 2.05) is 34.4 Å². The zero-order chi connectivity index (χ0) is 16.4. The largest absolute Gasteiger partial charge is 0.343 e. The SMILES string of the molecule is CC(=O)N1CC[C@@H](Cc2cnc(-c3cnn(C(C)C)c3)cn2)C1. The minimum absolute atomic E-state index is 0.163. The predicted octanol–water partition coefficient (Wildman–Crippen LogP) is 2.33. The monoisotopic (exact) mass is 313 g/mol. The molecule has 2 aromatic rings. The van der Waals surface area contributed by atoms with Gasteiger partial charge < -0.3 is 4.90 Å². The van der Waals surface area contributed by atoms with Gasteiger partial charge in [0.1, 0.15) is 0 Å². The zero-order valence-corrected chi connectivity index (χ0v) is 13.9. The summed E-state index contributed by atoms with van der Waals surface area (Å²) in [5.41, 5.74) is 2.82. The van der Waals surface area contributed by atoms with Gasteiger partial charge in [-0.05, 0) is 32.6 Å². The summed E-state index contributed by atoms with van der Waals surface area (Å²) < 4.78 is 1.92. The Morgan fingerprint density at radius 3 is 2.70 bits per heavy atom. The Bertz CT molecular complexity index is 677. The molecule has 6 heteroatoms. The number of amides is 1. The maximum Gasteiger partial charge on any atom is 0.219 e. The molecule has 1 saturated heterocycles. The van der Waals surface area contributed by atoms with Crippen molar-refractivity contribution in [1.82, 2.24) is 24.6 Å². The Labute approximate surface area is 136 Å². The van der Waals surface area contributed by atoms with Crippen LogP contribution < -0.4 is 0 Å². The van der Waals surface area contributed by atoms with Crippen LogP contribution in [-0.4, -0.2) is 43.6 Å². The van der Waals surface area contributed by atoms with Gasteiger partial charge >= 0.3 is 0 Å². The van der Waals surface area contributed by atoms with E-state index < -0.39 is 0 Å². The normalized spacial score (nSPS) is 17.9. The number of hydrogen-bond donors (Lipinski definition) is 0. The predicted molar refractivity (Wildman–Crippen MR) is 87.7 cm³/mol. The number of likely N-dealkylation sites (tertiary alicyclic amines) is 1. The molecule has 1 aliphatic rings. The molecule has 0 aliphatic carbocycles. The molecular weight excluding hydrogens is 290 g/mol. The van der Waals surface area contributed by atoms with Crippen molar-refractivity contribution in [2.45, 2.75) is 39.7 Å². The average Bonchev–Trinajstić information content (AvgIpc) is 3.17. The van der Waals surface area contributed by atoms with E-state index in [1.165, 1.54) is 0 Å². The molecule has 2 aromatic heterocycles. The fourth-order valence-corrected chi connectivity index (χ4v) is 2.94. The molecule has 23 heavy (non-hydrogen) atoms. The second kappa shape index (κ2) is 6.48. The van der Waals surface area contributed by atoms with Gasteiger partial charge in [0.05, 0.1) is 23.8 Å². The van der Waals surface area contributed by atoms with Crippen LogP contribution in [0.4, 0.5) is 0 Å².